The first kappa shape index (κ1) is 22.5. The summed E-state index contributed by atoms with van der Waals surface area (Å²) in [6.07, 6.45) is 5.70. The normalized spacial score (nSPS) is 19.4. The van der Waals surface area contributed by atoms with Gasteiger partial charge in [0.05, 0.1) is 30.0 Å². The summed E-state index contributed by atoms with van der Waals surface area (Å²) in [6, 6.07) is 6.43. The van der Waals surface area contributed by atoms with E-state index in [9.17, 15) is 13.2 Å². The van der Waals surface area contributed by atoms with Crippen LogP contribution in [-0.2, 0) is 19.3 Å². The number of carbonyl (C=O) groups is 1. The van der Waals surface area contributed by atoms with Gasteiger partial charge in [-0.15, -0.1) is 0 Å². The number of hydrogen-bond acceptors (Lipinski definition) is 9. The summed E-state index contributed by atoms with van der Waals surface area (Å²) >= 11 is 0. The molecule has 0 unspecified atom stereocenters. The van der Waals surface area contributed by atoms with Gasteiger partial charge in [-0.2, -0.15) is 5.10 Å². The summed E-state index contributed by atoms with van der Waals surface area (Å²) in [7, 11) is -3.28. The Labute approximate surface area is 196 Å². The Kier molecular flexibility index (Phi) is 6.09. The van der Waals surface area contributed by atoms with Crippen LogP contribution in [-0.4, -0.2) is 83.9 Å². The molecule has 2 aliphatic rings. The number of nitrogens with zero attached hydrogens (tertiary/aromatic N) is 5. The minimum absolute atomic E-state index is 0.102. The van der Waals surface area contributed by atoms with Crippen molar-refractivity contribution in [1.82, 2.24) is 24.6 Å². The minimum atomic E-state index is -3.28. The fourth-order valence-electron chi connectivity index (χ4n) is 4.08. The standard InChI is InChI=1S/C22H25N5O6S/c1-34(29,30)18-4-2-15(3-5-18)27-20-19(12-25-27)21(24-14-23-20)32-16-6-9-26(10-7-16)22(28)33-17-8-11-31-13-17/h2-5,12,14,16-17H,6-11,13H2,1H3/t17-/m0/s1. The molecule has 12 heteroatoms. The lowest BCUT2D eigenvalue weighted by atomic mass is 10.1. The Balaban J connectivity index is 1.26. The van der Waals surface area contributed by atoms with Crippen molar-refractivity contribution in [2.24, 2.45) is 0 Å². The lowest BCUT2D eigenvalue weighted by molar-refractivity contribution is 0.0369. The van der Waals surface area contributed by atoms with Gasteiger partial charge in [0.2, 0.25) is 5.88 Å². The first-order valence-corrected chi connectivity index (χ1v) is 13.0. The second kappa shape index (κ2) is 9.18. The fourth-order valence-corrected chi connectivity index (χ4v) is 4.71. The Morgan fingerprint density at radius 2 is 1.85 bits per heavy atom. The highest BCUT2D eigenvalue weighted by Gasteiger charge is 2.28. The van der Waals surface area contributed by atoms with Gasteiger partial charge in [0.25, 0.3) is 0 Å². The molecule has 2 saturated heterocycles. The zero-order valence-corrected chi connectivity index (χ0v) is 19.5. The molecular formula is C22H25N5O6S. The summed E-state index contributed by atoms with van der Waals surface area (Å²) in [5.74, 6) is 0.424. The van der Waals surface area contributed by atoms with Crippen LogP contribution in [0.3, 0.4) is 0 Å². The van der Waals surface area contributed by atoms with Gasteiger partial charge in [-0.1, -0.05) is 0 Å². The van der Waals surface area contributed by atoms with E-state index in [-0.39, 0.29) is 23.2 Å². The molecule has 3 aromatic rings. The van der Waals surface area contributed by atoms with Gasteiger partial charge >= 0.3 is 6.09 Å². The van der Waals surface area contributed by atoms with E-state index in [1.54, 1.807) is 27.9 Å². The number of ether oxygens (including phenoxy) is 3. The maximum absolute atomic E-state index is 12.3. The number of likely N-dealkylation sites (tertiary alicyclic amines) is 1. The molecule has 11 nitrogen and oxygen atoms in total. The average Bonchev–Trinajstić information content (AvgIpc) is 3.49. The third-order valence-electron chi connectivity index (χ3n) is 5.97. The Morgan fingerprint density at radius 1 is 1.09 bits per heavy atom. The molecule has 0 saturated carbocycles. The second-order valence-electron chi connectivity index (χ2n) is 8.41. The van der Waals surface area contributed by atoms with Gasteiger partial charge in [0.15, 0.2) is 15.5 Å². The Hall–Kier alpha value is -3.25. The minimum Gasteiger partial charge on any atom is -0.474 e. The number of rotatable bonds is 5. The van der Waals surface area contributed by atoms with Crippen molar-refractivity contribution in [2.45, 2.75) is 36.4 Å². The van der Waals surface area contributed by atoms with Crippen LogP contribution in [0.1, 0.15) is 19.3 Å². The highest BCUT2D eigenvalue weighted by molar-refractivity contribution is 7.90. The van der Waals surface area contributed by atoms with Gasteiger partial charge in [-0.05, 0) is 24.3 Å². The number of benzene rings is 1. The molecule has 0 spiro atoms. The van der Waals surface area contributed by atoms with Crippen LogP contribution >= 0.6 is 0 Å². The molecule has 1 atom stereocenters. The average molecular weight is 488 g/mol. The third kappa shape index (κ3) is 4.68. The van der Waals surface area contributed by atoms with Gasteiger partial charge < -0.3 is 19.1 Å². The third-order valence-corrected chi connectivity index (χ3v) is 7.10. The smallest absolute Gasteiger partial charge is 0.410 e. The number of hydrogen-bond donors (Lipinski definition) is 0. The van der Waals surface area contributed by atoms with Crippen LogP contribution < -0.4 is 4.74 Å². The molecule has 0 radical (unpaired) electrons. The summed E-state index contributed by atoms with van der Waals surface area (Å²) in [5, 5.41) is 5.05. The number of piperidine rings is 1. The predicted molar refractivity (Wildman–Crippen MR) is 121 cm³/mol. The summed E-state index contributed by atoms with van der Waals surface area (Å²) in [4.78, 5) is 22.9. The molecule has 4 heterocycles. The van der Waals surface area contributed by atoms with E-state index < -0.39 is 9.84 Å². The second-order valence-corrected chi connectivity index (χ2v) is 10.4. The summed E-state index contributed by atoms with van der Waals surface area (Å²) in [6.45, 7) is 2.17. The number of sulfone groups is 1. The molecule has 1 amide bonds. The van der Waals surface area contributed by atoms with Gasteiger partial charge in [-0.25, -0.2) is 27.9 Å². The van der Waals surface area contributed by atoms with E-state index in [0.717, 1.165) is 6.42 Å². The van der Waals surface area contributed by atoms with Crippen molar-refractivity contribution in [1.29, 1.82) is 0 Å². The molecule has 0 N–H and O–H groups in total. The molecule has 5 rings (SSSR count). The molecular weight excluding hydrogens is 462 g/mol. The molecule has 2 aromatic heterocycles. The SMILES string of the molecule is CS(=O)(=O)c1ccc(-n2ncc3c(OC4CCN(C(=O)O[C@H]5CCOC5)CC4)ncnc32)cc1. The molecule has 2 fully saturated rings. The maximum atomic E-state index is 12.3. The first-order valence-electron chi connectivity index (χ1n) is 11.1. The van der Waals surface area contributed by atoms with Crippen molar-refractivity contribution >= 4 is 27.0 Å². The summed E-state index contributed by atoms with van der Waals surface area (Å²) < 4.78 is 42.0. The number of aromatic nitrogens is 4. The van der Waals surface area contributed by atoms with Crippen LogP contribution in [0.15, 0.2) is 41.7 Å². The van der Waals surface area contributed by atoms with E-state index in [1.807, 2.05) is 0 Å². The topological polar surface area (TPSA) is 126 Å². The lowest BCUT2D eigenvalue weighted by Gasteiger charge is -2.31. The molecule has 180 valence electrons. The van der Waals surface area contributed by atoms with E-state index in [0.29, 0.717) is 61.7 Å². The number of amides is 1. The molecule has 1 aromatic carbocycles. The van der Waals surface area contributed by atoms with Crippen LogP contribution in [0.2, 0.25) is 0 Å². The van der Waals surface area contributed by atoms with Crippen LogP contribution in [0.4, 0.5) is 4.79 Å². The molecule has 2 aliphatic heterocycles. The zero-order chi connectivity index (χ0) is 23.7. The van der Waals surface area contributed by atoms with E-state index in [2.05, 4.69) is 15.1 Å². The largest absolute Gasteiger partial charge is 0.474 e. The first-order chi connectivity index (χ1) is 16.4. The zero-order valence-electron chi connectivity index (χ0n) is 18.7. The highest BCUT2D eigenvalue weighted by Crippen LogP contribution is 2.27. The quantitative estimate of drug-likeness (QED) is 0.531. The van der Waals surface area contributed by atoms with Gasteiger partial charge in [0, 0.05) is 38.6 Å². The maximum Gasteiger partial charge on any atom is 0.410 e. The molecule has 0 bridgehead atoms. The monoisotopic (exact) mass is 487 g/mol. The Morgan fingerprint density at radius 3 is 2.53 bits per heavy atom. The lowest BCUT2D eigenvalue weighted by Crippen LogP contribution is -2.43. The van der Waals surface area contributed by atoms with E-state index in [1.165, 1.54) is 24.7 Å². The summed E-state index contributed by atoms with van der Waals surface area (Å²) in [5.41, 5.74) is 1.23. The fraction of sp³-hybridized carbons (Fsp3) is 0.455. The number of fused-ring (bicyclic) bond motifs is 1. The van der Waals surface area contributed by atoms with Crippen molar-refractivity contribution in [3.8, 4) is 11.6 Å². The van der Waals surface area contributed by atoms with Crippen LogP contribution in [0, 0.1) is 0 Å². The molecule has 0 aliphatic carbocycles. The van der Waals surface area contributed by atoms with Gasteiger partial charge in [-0.3, -0.25) is 0 Å². The van der Waals surface area contributed by atoms with Crippen molar-refractivity contribution in [3.63, 3.8) is 0 Å². The van der Waals surface area contributed by atoms with E-state index >= 15 is 0 Å². The molecule has 34 heavy (non-hydrogen) atoms. The van der Waals surface area contributed by atoms with Crippen molar-refractivity contribution in [2.75, 3.05) is 32.6 Å². The van der Waals surface area contributed by atoms with E-state index in [4.69, 9.17) is 14.2 Å². The van der Waals surface area contributed by atoms with Crippen molar-refractivity contribution < 1.29 is 27.4 Å². The predicted octanol–water partition coefficient (Wildman–Crippen LogP) is 1.99. The van der Waals surface area contributed by atoms with Gasteiger partial charge in [0.1, 0.15) is 23.9 Å². The van der Waals surface area contributed by atoms with Crippen LogP contribution in [0.5, 0.6) is 5.88 Å². The van der Waals surface area contributed by atoms with Crippen LogP contribution in [0.25, 0.3) is 16.7 Å². The number of carbonyl (C=O) groups excluding carboxylic acids is 1. The Bertz CT molecular complexity index is 1280. The highest BCUT2D eigenvalue weighted by atomic mass is 32.2. The van der Waals surface area contributed by atoms with Crippen molar-refractivity contribution in [3.05, 3.63) is 36.8 Å².